The molecule has 0 saturated carbocycles. The van der Waals surface area contributed by atoms with Gasteiger partial charge in [-0.15, -0.1) is 0 Å². The van der Waals surface area contributed by atoms with Crippen molar-refractivity contribution in [3.8, 4) is 5.69 Å². The van der Waals surface area contributed by atoms with Crippen molar-refractivity contribution in [1.29, 1.82) is 0 Å². The summed E-state index contributed by atoms with van der Waals surface area (Å²) in [5.41, 5.74) is 7.13. The van der Waals surface area contributed by atoms with Crippen molar-refractivity contribution in [1.82, 2.24) is 15.1 Å². The van der Waals surface area contributed by atoms with Crippen LogP contribution in [0, 0.1) is 0 Å². The molecule has 0 bridgehead atoms. The van der Waals surface area contributed by atoms with E-state index in [4.69, 9.17) is 17.3 Å². The summed E-state index contributed by atoms with van der Waals surface area (Å²) in [5.74, 6) is -0.176. The lowest BCUT2D eigenvalue weighted by Gasteiger charge is -2.26. The molecule has 2 rings (SSSR count). The van der Waals surface area contributed by atoms with Crippen molar-refractivity contribution >= 4 is 17.5 Å². The van der Waals surface area contributed by atoms with Crippen molar-refractivity contribution in [2.45, 2.75) is 32.2 Å². The summed E-state index contributed by atoms with van der Waals surface area (Å²) in [6, 6.07) is 7.29. The number of amides is 1. The van der Waals surface area contributed by atoms with Gasteiger partial charge >= 0.3 is 0 Å². The topological polar surface area (TPSA) is 72.9 Å². The zero-order chi connectivity index (χ0) is 16.2. The molecule has 0 aliphatic heterocycles. The quantitative estimate of drug-likeness (QED) is 0.859. The molecule has 0 saturated heterocycles. The number of benzene rings is 1. The number of nitrogens with one attached hydrogen (secondary N) is 1. The van der Waals surface area contributed by atoms with Gasteiger partial charge in [-0.05, 0) is 31.0 Å². The number of carbonyl (C=O) groups is 1. The molecule has 1 aromatic carbocycles. The first kappa shape index (κ1) is 16.5. The van der Waals surface area contributed by atoms with Crippen molar-refractivity contribution in [2.75, 3.05) is 6.54 Å². The maximum absolute atomic E-state index is 12.2. The van der Waals surface area contributed by atoms with Crippen LogP contribution < -0.4 is 11.1 Å². The van der Waals surface area contributed by atoms with Crippen molar-refractivity contribution in [3.63, 3.8) is 0 Å². The standard InChI is InChI=1S/C16H21ClN4O/c1-3-16(18,4-2)11-19-15(22)12-9-20-21(10-12)14-7-5-6-13(17)8-14/h5-10H,3-4,11,18H2,1-2H3,(H,19,22). The minimum atomic E-state index is -0.362. The highest BCUT2D eigenvalue weighted by atomic mass is 35.5. The van der Waals surface area contributed by atoms with Crippen LogP contribution in [0.15, 0.2) is 36.7 Å². The predicted octanol–water partition coefficient (Wildman–Crippen LogP) is 2.77. The number of halogens is 1. The van der Waals surface area contributed by atoms with Crippen molar-refractivity contribution in [3.05, 3.63) is 47.2 Å². The number of hydrogen-bond donors (Lipinski definition) is 2. The van der Waals surface area contributed by atoms with Crippen LogP contribution in [0.25, 0.3) is 5.69 Å². The third kappa shape index (κ3) is 3.87. The Morgan fingerprint density at radius 3 is 2.77 bits per heavy atom. The van der Waals surface area contributed by atoms with Crippen LogP contribution >= 0.6 is 11.6 Å². The van der Waals surface area contributed by atoms with Gasteiger partial charge in [0.15, 0.2) is 0 Å². The summed E-state index contributed by atoms with van der Waals surface area (Å²) >= 11 is 5.96. The summed E-state index contributed by atoms with van der Waals surface area (Å²) in [7, 11) is 0. The Kier molecular flexibility index (Phi) is 5.21. The van der Waals surface area contributed by atoms with E-state index in [0.717, 1.165) is 18.5 Å². The van der Waals surface area contributed by atoms with E-state index in [1.54, 1.807) is 23.0 Å². The molecular formula is C16H21ClN4O. The molecule has 1 heterocycles. The summed E-state index contributed by atoms with van der Waals surface area (Å²) in [4.78, 5) is 12.2. The molecule has 0 radical (unpaired) electrons. The zero-order valence-electron chi connectivity index (χ0n) is 12.8. The van der Waals surface area contributed by atoms with Gasteiger partial charge in [-0.2, -0.15) is 5.10 Å². The SMILES string of the molecule is CCC(N)(CC)CNC(=O)c1cnn(-c2cccc(Cl)c2)c1. The van der Waals surface area contributed by atoms with E-state index < -0.39 is 0 Å². The van der Waals surface area contributed by atoms with Gasteiger partial charge in [-0.3, -0.25) is 4.79 Å². The third-order valence-corrected chi connectivity index (χ3v) is 4.16. The molecule has 1 amide bonds. The summed E-state index contributed by atoms with van der Waals surface area (Å²) in [6.07, 6.45) is 4.83. The first-order valence-corrected chi connectivity index (χ1v) is 7.73. The Morgan fingerprint density at radius 1 is 1.41 bits per heavy atom. The van der Waals surface area contributed by atoms with Gasteiger partial charge in [0, 0.05) is 23.3 Å². The first-order chi connectivity index (χ1) is 10.5. The molecule has 22 heavy (non-hydrogen) atoms. The Labute approximate surface area is 135 Å². The van der Waals surface area contributed by atoms with Crippen LogP contribution in [0.3, 0.4) is 0 Å². The van der Waals surface area contributed by atoms with Crippen molar-refractivity contribution in [2.24, 2.45) is 5.73 Å². The molecule has 0 aliphatic carbocycles. The highest BCUT2D eigenvalue weighted by Gasteiger charge is 2.21. The third-order valence-electron chi connectivity index (χ3n) is 3.93. The van der Waals surface area contributed by atoms with Crippen LogP contribution in [-0.4, -0.2) is 27.8 Å². The van der Waals surface area contributed by atoms with E-state index in [0.29, 0.717) is 17.1 Å². The summed E-state index contributed by atoms with van der Waals surface area (Å²) < 4.78 is 1.62. The molecule has 5 nitrogen and oxygen atoms in total. The maximum atomic E-state index is 12.2. The van der Waals surface area contributed by atoms with Crippen LogP contribution in [-0.2, 0) is 0 Å². The molecule has 0 atom stereocenters. The van der Waals surface area contributed by atoms with E-state index >= 15 is 0 Å². The molecule has 0 spiro atoms. The second-order valence-electron chi connectivity index (χ2n) is 5.41. The second-order valence-corrected chi connectivity index (χ2v) is 5.84. The average molecular weight is 321 g/mol. The Morgan fingerprint density at radius 2 is 2.14 bits per heavy atom. The minimum Gasteiger partial charge on any atom is -0.350 e. The molecule has 118 valence electrons. The normalized spacial score (nSPS) is 11.5. The largest absolute Gasteiger partial charge is 0.350 e. The molecule has 6 heteroatoms. The molecule has 3 N–H and O–H groups in total. The van der Waals surface area contributed by atoms with E-state index in [1.165, 1.54) is 6.20 Å². The Balaban J connectivity index is 2.06. The van der Waals surface area contributed by atoms with Gasteiger partial charge in [-0.1, -0.05) is 31.5 Å². The van der Waals surface area contributed by atoms with Gasteiger partial charge < -0.3 is 11.1 Å². The second kappa shape index (κ2) is 6.94. The number of hydrogen-bond acceptors (Lipinski definition) is 3. The molecule has 2 aromatic rings. The lowest BCUT2D eigenvalue weighted by Crippen LogP contribution is -2.49. The van der Waals surface area contributed by atoms with E-state index in [2.05, 4.69) is 10.4 Å². The number of nitrogens with zero attached hydrogens (tertiary/aromatic N) is 2. The summed E-state index contributed by atoms with van der Waals surface area (Å²) in [5, 5.41) is 7.70. The van der Waals surface area contributed by atoms with E-state index in [1.807, 2.05) is 26.0 Å². The molecule has 0 aliphatic rings. The molecule has 0 fully saturated rings. The lowest BCUT2D eigenvalue weighted by atomic mass is 9.94. The summed E-state index contributed by atoms with van der Waals surface area (Å²) in [6.45, 7) is 4.49. The Hall–Kier alpha value is -1.85. The molecular weight excluding hydrogens is 300 g/mol. The number of rotatable bonds is 6. The maximum Gasteiger partial charge on any atom is 0.254 e. The van der Waals surface area contributed by atoms with Gasteiger partial charge in [0.1, 0.15) is 0 Å². The van der Waals surface area contributed by atoms with Crippen molar-refractivity contribution < 1.29 is 4.79 Å². The highest BCUT2D eigenvalue weighted by Crippen LogP contribution is 2.15. The van der Waals surface area contributed by atoms with Crippen LogP contribution in [0.5, 0.6) is 0 Å². The van der Waals surface area contributed by atoms with Crippen LogP contribution in [0.2, 0.25) is 5.02 Å². The van der Waals surface area contributed by atoms with Crippen LogP contribution in [0.1, 0.15) is 37.0 Å². The fourth-order valence-corrected chi connectivity index (χ4v) is 2.24. The van der Waals surface area contributed by atoms with Gasteiger partial charge in [0.25, 0.3) is 5.91 Å². The minimum absolute atomic E-state index is 0.176. The Bertz CT molecular complexity index is 649. The smallest absolute Gasteiger partial charge is 0.254 e. The number of nitrogens with two attached hydrogens (primary N) is 1. The zero-order valence-corrected chi connectivity index (χ0v) is 13.6. The number of aromatic nitrogens is 2. The van der Waals surface area contributed by atoms with Gasteiger partial charge in [0.2, 0.25) is 0 Å². The monoisotopic (exact) mass is 320 g/mol. The molecule has 0 unspecified atom stereocenters. The fourth-order valence-electron chi connectivity index (χ4n) is 2.06. The van der Waals surface area contributed by atoms with Gasteiger partial charge in [0.05, 0.1) is 17.4 Å². The van der Waals surface area contributed by atoms with E-state index in [9.17, 15) is 4.79 Å². The van der Waals surface area contributed by atoms with E-state index in [-0.39, 0.29) is 11.4 Å². The van der Waals surface area contributed by atoms with Gasteiger partial charge in [-0.25, -0.2) is 4.68 Å². The first-order valence-electron chi connectivity index (χ1n) is 7.35. The number of carbonyl (C=O) groups excluding carboxylic acids is 1. The average Bonchev–Trinajstić information content (AvgIpc) is 3.02. The van der Waals surface area contributed by atoms with Crippen LogP contribution in [0.4, 0.5) is 0 Å². The predicted molar refractivity (Wildman–Crippen MR) is 88.4 cm³/mol. The highest BCUT2D eigenvalue weighted by molar-refractivity contribution is 6.30. The fraction of sp³-hybridized carbons (Fsp3) is 0.375. The molecule has 1 aromatic heterocycles. The lowest BCUT2D eigenvalue weighted by molar-refractivity contribution is 0.0942.